The molecule has 1 aliphatic rings. The van der Waals surface area contributed by atoms with Crippen LogP contribution in [-0.2, 0) is 17.8 Å². The van der Waals surface area contributed by atoms with E-state index >= 15 is 0 Å². The van der Waals surface area contributed by atoms with Crippen LogP contribution in [0.15, 0.2) is 54.7 Å². The van der Waals surface area contributed by atoms with E-state index in [4.69, 9.17) is 10.7 Å². The van der Waals surface area contributed by atoms with Crippen LogP contribution in [0, 0.1) is 0 Å². The summed E-state index contributed by atoms with van der Waals surface area (Å²) < 4.78 is 4.13. The molecular formula is C25H27N5O3. The molecule has 2 atom stereocenters. The van der Waals surface area contributed by atoms with Gasteiger partial charge >= 0.3 is 0 Å². The Morgan fingerprint density at radius 1 is 1.12 bits per heavy atom. The molecule has 2 amide bonds. The standard InChI is InChI=1S/C25H27N5O3/c1-2-29-20-6-4-3-5-18(20)27-23(29)9-10-24(32)28-14-21(22(31)15-28)30-12-11-16-13-17(25(26)33)7-8-19(16)30/h3-8,11-13,21-22,31H,2,9-10,14-15H2,1H3,(H2,26,33)/t21-,22-/m1/s1. The molecule has 0 aliphatic carbocycles. The zero-order valence-corrected chi connectivity index (χ0v) is 18.5. The van der Waals surface area contributed by atoms with Crippen molar-refractivity contribution < 1.29 is 14.7 Å². The second-order valence-corrected chi connectivity index (χ2v) is 8.56. The molecule has 2 aromatic carbocycles. The fourth-order valence-electron chi connectivity index (χ4n) is 4.90. The fourth-order valence-corrected chi connectivity index (χ4v) is 4.90. The largest absolute Gasteiger partial charge is 0.389 e. The third-order valence-electron chi connectivity index (χ3n) is 6.59. The van der Waals surface area contributed by atoms with Gasteiger partial charge in [0.2, 0.25) is 11.8 Å². The number of aliphatic hydroxyl groups is 1. The molecule has 0 unspecified atom stereocenters. The molecule has 0 radical (unpaired) electrons. The highest BCUT2D eigenvalue weighted by atomic mass is 16.3. The Bertz CT molecular complexity index is 1350. The average Bonchev–Trinajstić information content (AvgIpc) is 3.50. The molecule has 0 saturated carbocycles. The first-order valence-electron chi connectivity index (χ1n) is 11.3. The molecule has 3 heterocycles. The molecule has 1 saturated heterocycles. The third kappa shape index (κ3) is 3.76. The number of nitrogens with zero attached hydrogens (tertiary/aromatic N) is 4. The number of para-hydroxylation sites is 2. The fraction of sp³-hybridized carbons (Fsp3) is 0.320. The number of fused-ring (bicyclic) bond motifs is 2. The van der Waals surface area contributed by atoms with Crippen LogP contribution < -0.4 is 5.73 Å². The Balaban J connectivity index is 1.30. The topological polar surface area (TPSA) is 106 Å². The van der Waals surface area contributed by atoms with Crippen LogP contribution in [0.2, 0.25) is 0 Å². The Labute approximate surface area is 191 Å². The van der Waals surface area contributed by atoms with Crippen LogP contribution in [0.5, 0.6) is 0 Å². The number of aliphatic hydroxyl groups excluding tert-OH is 1. The molecule has 4 aromatic rings. The molecule has 5 rings (SSSR count). The van der Waals surface area contributed by atoms with Crippen molar-refractivity contribution >= 4 is 33.8 Å². The van der Waals surface area contributed by atoms with Gasteiger partial charge < -0.3 is 24.9 Å². The quantitative estimate of drug-likeness (QED) is 0.475. The molecule has 0 bridgehead atoms. The van der Waals surface area contributed by atoms with E-state index < -0.39 is 12.0 Å². The maximum absolute atomic E-state index is 13.0. The van der Waals surface area contributed by atoms with Crippen molar-refractivity contribution in [1.29, 1.82) is 0 Å². The number of rotatable bonds is 6. The minimum absolute atomic E-state index is 0.0127. The number of likely N-dealkylation sites (tertiary alicyclic amines) is 1. The molecule has 170 valence electrons. The summed E-state index contributed by atoms with van der Waals surface area (Å²) in [4.78, 5) is 30.9. The minimum atomic E-state index is -0.666. The summed E-state index contributed by atoms with van der Waals surface area (Å²) in [5.41, 5.74) is 8.75. The van der Waals surface area contributed by atoms with Crippen molar-refractivity contribution in [3.63, 3.8) is 0 Å². The van der Waals surface area contributed by atoms with Gasteiger partial charge in [0.05, 0.1) is 23.2 Å². The summed E-state index contributed by atoms with van der Waals surface area (Å²) in [6.07, 6.45) is 2.12. The molecule has 2 aromatic heterocycles. The predicted octanol–water partition coefficient (Wildman–Crippen LogP) is 2.49. The average molecular weight is 446 g/mol. The van der Waals surface area contributed by atoms with Crippen LogP contribution >= 0.6 is 0 Å². The number of primary amides is 1. The Morgan fingerprint density at radius 3 is 2.73 bits per heavy atom. The summed E-state index contributed by atoms with van der Waals surface area (Å²) in [5, 5.41) is 11.6. The van der Waals surface area contributed by atoms with Crippen LogP contribution in [0.3, 0.4) is 0 Å². The summed E-state index contributed by atoms with van der Waals surface area (Å²) >= 11 is 0. The highest BCUT2D eigenvalue weighted by Crippen LogP contribution is 2.29. The molecule has 0 spiro atoms. The first kappa shape index (κ1) is 21.2. The number of hydrogen-bond donors (Lipinski definition) is 2. The number of carbonyl (C=O) groups is 2. The van der Waals surface area contributed by atoms with E-state index in [1.807, 2.05) is 47.2 Å². The molecular weight excluding hydrogens is 418 g/mol. The van der Waals surface area contributed by atoms with Crippen LogP contribution in [0.25, 0.3) is 21.9 Å². The maximum Gasteiger partial charge on any atom is 0.248 e. The van der Waals surface area contributed by atoms with Gasteiger partial charge in [-0.2, -0.15) is 0 Å². The summed E-state index contributed by atoms with van der Waals surface area (Å²) in [7, 11) is 0. The van der Waals surface area contributed by atoms with Crippen molar-refractivity contribution in [2.75, 3.05) is 13.1 Å². The van der Waals surface area contributed by atoms with Crippen LogP contribution in [-0.4, -0.2) is 55.1 Å². The summed E-state index contributed by atoms with van der Waals surface area (Å²) in [6, 6.07) is 14.9. The number of aromatic nitrogens is 3. The van der Waals surface area contributed by atoms with E-state index in [2.05, 4.69) is 11.5 Å². The van der Waals surface area contributed by atoms with Crippen molar-refractivity contribution in [2.24, 2.45) is 5.73 Å². The maximum atomic E-state index is 13.0. The van der Waals surface area contributed by atoms with Crippen molar-refractivity contribution in [3.8, 4) is 0 Å². The lowest BCUT2D eigenvalue weighted by Crippen LogP contribution is -2.30. The van der Waals surface area contributed by atoms with E-state index in [1.165, 1.54) is 0 Å². The SMILES string of the molecule is CCn1c(CCC(=O)N2C[C@@H](O)[C@H](n3ccc4cc(C(N)=O)ccc43)C2)nc2ccccc21. The van der Waals surface area contributed by atoms with Crippen molar-refractivity contribution in [2.45, 2.75) is 38.5 Å². The van der Waals surface area contributed by atoms with E-state index in [9.17, 15) is 14.7 Å². The Kier molecular flexibility index (Phi) is 5.38. The van der Waals surface area contributed by atoms with Gasteiger partial charge in [-0.05, 0) is 43.3 Å². The molecule has 33 heavy (non-hydrogen) atoms. The predicted molar refractivity (Wildman–Crippen MR) is 126 cm³/mol. The summed E-state index contributed by atoms with van der Waals surface area (Å²) in [6.45, 7) is 3.61. The van der Waals surface area contributed by atoms with Crippen LogP contribution in [0.4, 0.5) is 0 Å². The second-order valence-electron chi connectivity index (χ2n) is 8.56. The number of aryl methyl sites for hydroxylation is 2. The first-order valence-corrected chi connectivity index (χ1v) is 11.3. The third-order valence-corrected chi connectivity index (χ3v) is 6.59. The number of hydrogen-bond acceptors (Lipinski definition) is 4. The number of benzene rings is 2. The van der Waals surface area contributed by atoms with E-state index in [-0.39, 0.29) is 11.9 Å². The number of β-amino-alcohol motifs (C(OH)–C–C–N with tert-alkyl or cyclic N) is 1. The number of amides is 2. The molecule has 3 N–H and O–H groups in total. The minimum Gasteiger partial charge on any atom is -0.389 e. The van der Waals surface area contributed by atoms with Gasteiger partial charge in [-0.1, -0.05) is 12.1 Å². The van der Waals surface area contributed by atoms with Gasteiger partial charge in [0.25, 0.3) is 0 Å². The van der Waals surface area contributed by atoms with E-state index in [0.29, 0.717) is 31.5 Å². The molecule has 1 aliphatic heterocycles. The van der Waals surface area contributed by atoms with Gasteiger partial charge in [-0.15, -0.1) is 0 Å². The highest BCUT2D eigenvalue weighted by molar-refractivity contribution is 5.97. The van der Waals surface area contributed by atoms with Crippen molar-refractivity contribution in [3.05, 3.63) is 66.1 Å². The second kappa shape index (κ2) is 8.37. The van der Waals surface area contributed by atoms with Gasteiger partial charge in [0, 0.05) is 55.1 Å². The monoisotopic (exact) mass is 445 g/mol. The van der Waals surface area contributed by atoms with Crippen molar-refractivity contribution in [1.82, 2.24) is 19.0 Å². The smallest absolute Gasteiger partial charge is 0.248 e. The van der Waals surface area contributed by atoms with E-state index in [1.54, 1.807) is 17.0 Å². The number of nitrogens with two attached hydrogens (primary N) is 1. The van der Waals surface area contributed by atoms with E-state index in [0.717, 1.165) is 34.3 Å². The number of carbonyl (C=O) groups excluding carboxylic acids is 2. The Hall–Kier alpha value is -3.65. The lowest BCUT2D eigenvalue weighted by atomic mass is 10.1. The molecule has 1 fully saturated rings. The lowest BCUT2D eigenvalue weighted by Gasteiger charge is -2.18. The van der Waals surface area contributed by atoms with Gasteiger partial charge in [0.1, 0.15) is 5.82 Å². The van der Waals surface area contributed by atoms with Crippen LogP contribution in [0.1, 0.15) is 35.6 Å². The first-order chi connectivity index (χ1) is 16.0. The number of imidazole rings is 1. The molecule has 8 heteroatoms. The zero-order chi connectivity index (χ0) is 23.1. The van der Waals surface area contributed by atoms with Gasteiger partial charge in [-0.25, -0.2) is 4.98 Å². The highest BCUT2D eigenvalue weighted by Gasteiger charge is 2.35. The summed E-state index contributed by atoms with van der Waals surface area (Å²) in [5.74, 6) is 0.447. The lowest BCUT2D eigenvalue weighted by molar-refractivity contribution is -0.130. The van der Waals surface area contributed by atoms with Gasteiger partial charge in [-0.3, -0.25) is 9.59 Å². The Morgan fingerprint density at radius 2 is 1.94 bits per heavy atom. The zero-order valence-electron chi connectivity index (χ0n) is 18.5. The normalized spacial score (nSPS) is 18.4. The van der Waals surface area contributed by atoms with Gasteiger partial charge in [0.15, 0.2) is 0 Å². The molecule has 8 nitrogen and oxygen atoms in total.